The summed E-state index contributed by atoms with van der Waals surface area (Å²) in [5, 5.41) is 26.3. The van der Waals surface area contributed by atoms with Gasteiger partial charge in [0.1, 0.15) is 5.76 Å². The van der Waals surface area contributed by atoms with Crippen LogP contribution in [0.1, 0.15) is 73.6 Å². The molecule has 0 aromatic rings. The zero-order valence-electron chi connectivity index (χ0n) is 27.3. The molecule has 8 bridgehead atoms. The lowest BCUT2D eigenvalue weighted by Gasteiger charge is -2.17. The molecular formula is C37H42N4O4. The highest BCUT2D eigenvalue weighted by atomic mass is 16.5. The van der Waals surface area contributed by atoms with E-state index >= 15 is 0 Å². The van der Waals surface area contributed by atoms with Crippen LogP contribution in [-0.2, 0) is 9.53 Å². The van der Waals surface area contributed by atoms with Gasteiger partial charge in [0, 0.05) is 52.8 Å². The number of aliphatic hydroxyl groups excluding tert-OH is 2. The molecule has 0 saturated carbocycles. The summed E-state index contributed by atoms with van der Waals surface area (Å²) in [7, 11) is 1.41. The lowest BCUT2D eigenvalue weighted by Crippen LogP contribution is -2.16. The average Bonchev–Trinajstić information content (AvgIpc) is 3.74. The zero-order valence-corrected chi connectivity index (χ0v) is 27.3. The standard InChI is InChI=1S/C37H42N4O4/c1-9-22-18(4)25-16-30-34(31(42)12-17(2)3)20(6)27(39-30)14-26-19(5)23(10-11-33(44)45-8)36(40-26)24-13-32(43)35-21(7)28(41-37(24)35)15-29(22)38-25/h14-16,19,23,31,40,42-43H,2,9-13H2,1,3-8H3/t19-,23-,31?/m0/s1. The van der Waals surface area contributed by atoms with E-state index in [1.54, 1.807) is 0 Å². The van der Waals surface area contributed by atoms with Crippen LogP contribution in [0.3, 0.4) is 0 Å². The molecule has 0 aromatic heterocycles. The molecule has 0 radical (unpaired) electrons. The molecular weight excluding hydrogens is 564 g/mol. The Morgan fingerprint density at radius 3 is 2.49 bits per heavy atom. The highest BCUT2D eigenvalue weighted by Crippen LogP contribution is 2.46. The molecule has 1 fully saturated rings. The van der Waals surface area contributed by atoms with Crippen LogP contribution in [0.25, 0.3) is 0 Å². The minimum Gasteiger partial charge on any atom is -0.511 e. The van der Waals surface area contributed by atoms with Crippen molar-refractivity contribution in [2.45, 2.75) is 79.8 Å². The van der Waals surface area contributed by atoms with E-state index in [9.17, 15) is 15.0 Å². The van der Waals surface area contributed by atoms with Crippen molar-refractivity contribution in [3.8, 4) is 0 Å². The maximum atomic E-state index is 12.3. The summed E-state index contributed by atoms with van der Waals surface area (Å²) in [5.74, 6) is 0.0628. The Hall–Kier alpha value is -4.30. The summed E-state index contributed by atoms with van der Waals surface area (Å²) in [5.41, 5.74) is 14.1. The van der Waals surface area contributed by atoms with Gasteiger partial charge in [0.25, 0.3) is 0 Å². The smallest absolute Gasteiger partial charge is 0.305 e. The van der Waals surface area contributed by atoms with E-state index in [0.29, 0.717) is 30.7 Å². The van der Waals surface area contributed by atoms with Crippen LogP contribution in [0, 0.1) is 11.8 Å². The number of hydrogen-bond donors (Lipinski definition) is 3. The van der Waals surface area contributed by atoms with Gasteiger partial charge in [0.05, 0.1) is 47.4 Å². The number of ether oxygens (including phenoxy) is 1. The van der Waals surface area contributed by atoms with Gasteiger partial charge in [-0.3, -0.25) is 4.79 Å². The summed E-state index contributed by atoms with van der Waals surface area (Å²) >= 11 is 0. The van der Waals surface area contributed by atoms with E-state index in [2.05, 4.69) is 38.7 Å². The van der Waals surface area contributed by atoms with Crippen molar-refractivity contribution in [2.75, 3.05) is 7.11 Å². The quantitative estimate of drug-likeness (QED) is 0.215. The summed E-state index contributed by atoms with van der Waals surface area (Å²) in [6.07, 6.45) is 7.78. The summed E-state index contributed by atoms with van der Waals surface area (Å²) < 4.78 is 4.99. The van der Waals surface area contributed by atoms with Gasteiger partial charge in [-0.25, -0.2) is 15.0 Å². The van der Waals surface area contributed by atoms with Crippen LogP contribution in [0.4, 0.5) is 0 Å². The molecule has 1 unspecified atom stereocenters. The highest BCUT2D eigenvalue weighted by molar-refractivity contribution is 6.21. The van der Waals surface area contributed by atoms with Crippen molar-refractivity contribution in [3.05, 3.63) is 104 Å². The molecule has 3 atom stereocenters. The van der Waals surface area contributed by atoms with Crippen LogP contribution in [0.15, 0.2) is 119 Å². The number of esters is 1. The second kappa shape index (κ2) is 11.6. The number of allylic oxidation sites excluding steroid dienone is 11. The number of hydrogen-bond acceptors (Lipinski definition) is 8. The van der Waals surface area contributed by atoms with Crippen LogP contribution >= 0.6 is 0 Å². The fraction of sp³-hybridized carbons (Fsp3) is 0.405. The SMILES string of the molecule is C=C(C)CC(O)C1=C(C)C2=NC1=CC1=NC(=CC3=C(C)C4=C(O)CC(=C5NC(=C2)[C@@H](C)[C@@H]5CCC(=O)OC)C4=N3)C(CC)=C1C. The Morgan fingerprint density at radius 2 is 1.80 bits per heavy atom. The molecule has 0 aromatic carbocycles. The number of rotatable bonds is 7. The number of fused-ring (bicyclic) bond motifs is 5. The van der Waals surface area contributed by atoms with Gasteiger partial charge in [0.2, 0.25) is 0 Å². The molecule has 0 spiro atoms. The van der Waals surface area contributed by atoms with Crippen molar-refractivity contribution < 1.29 is 19.7 Å². The van der Waals surface area contributed by atoms with Crippen LogP contribution in [0.5, 0.6) is 0 Å². The maximum absolute atomic E-state index is 12.3. The molecule has 1 aliphatic carbocycles. The Morgan fingerprint density at radius 1 is 1.09 bits per heavy atom. The molecule has 5 aliphatic heterocycles. The fourth-order valence-corrected chi connectivity index (χ4v) is 7.35. The Bertz CT molecular complexity index is 1800. The van der Waals surface area contributed by atoms with E-state index in [0.717, 1.165) is 90.9 Å². The first-order valence-corrected chi connectivity index (χ1v) is 15.8. The first-order chi connectivity index (χ1) is 21.4. The molecule has 5 heterocycles. The number of nitrogens with one attached hydrogen (secondary N) is 1. The predicted molar refractivity (Wildman–Crippen MR) is 179 cm³/mol. The van der Waals surface area contributed by atoms with Gasteiger partial charge < -0.3 is 20.3 Å². The fourth-order valence-electron chi connectivity index (χ4n) is 7.35. The molecule has 3 N–H and O–H groups in total. The van der Waals surface area contributed by atoms with Crippen LogP contribution < -0.4 is 5.32 Å². The van der Waals surface area contributed by atoms with E-state index in [1.807, 2.05) is 32.9 Å². The molecule has 8 nitrogen and oxygen atoms in total. The van der Waals surface area contributed by atoms with Gasteiger partial charge in [-0.15, -0.1) is 6.58 Å². The number of carbonyl (C=O) groups is 1. The minimum atomic E-state index is -0.758. The Kier molecular flexibility index (Phi) is 7.89. The van der Waals surface area contributed by atoms with Gasteiger partial charge in [-0.05, 0) is 87.5 Å². The molecule has 6 aliphatic rings. The van der Waals surface area contributed by atoms with Crippen molar-refractivity contribution in [2.24, 2.45) is 26.8 Å². The topological polar surface area (TPSA) is 116 Å². The predicted octanol–water partition coefficient (Wildman–Crippen LogP) is 6.94. The van der Waals surface area contributed by atoms with Crippen molar-refractivity contribution in [1.29, 1.82) is 0 Å². The number of carbonyl (C=O) groups excluding carboxylic acids is 1. The van der Waals surface area contributed by atoms with E-state index in [1.165, 1.54) is 7.11 Å². The monoisotopic (exact) mass is 606 g/mol. The Labute approximate surface area is 265 Å². The third kappa shape index (κ3) is 5.15. The third-order valence-corrected chi connectivity index (χ3v) is 9.86. The minimum absolute atomic E-state index is 0.0211. The van der Waals surface area contributed by atoms with E-state index in [4.69, 9.17) is 19.7 Å². The molecule has 45 heavy (non-hydrogen) atoms. The molecule has 0 amide bonds. The number of aliphatic hydroxyl groups is 2. The van der Waals surface area contributed by atoms with Crippen LogP contribution in [0.2, 0.25) is 0 Å². The van der Waals surface area contributed by atoms with Crippen molar-refractivity contribution in [3.63, 3.8) is 0 Å². The second-order valence-corrected chi connectivity index (χ2v) is 12.8. The summed E-state index contributed by atoms with van der Waals surface area (Å²) in [6, 6.07) is 0. The summed E-state index contributed by atoms with van der Waals surface area (Å²) in [4.78, 5) is 27.5. The second-order valence-electron chi connectivity index (χ2n) is 12.8. The molecule has 6 rings (SSSR count). The largest absolute Gasteiger partial charge is 0.511 e. The van der Waals surface area contributed by atoms with Gasteiger partial charge in [0.15, 0.2) is 0 Å². The van der Waals surface area contributed by atoms with Gasteiger partial charge in [-0.2, -0.15) is 0 Å². The maximum Gasteiger partial charge on any atom is 0.305 e. The lowest BCUT2D eigenvalue weighted by atomic mass is 9.86. The number of methoxy groups -OCH3 is 1. The third-order valence-electron chi connectivity index (χ3n) is 9.86. The van der Waals surface area contributed by atoms with Crippen molar-refractivity contribution >= 4 is 23.1 Å². The van der Waals surface area contributed by atoms with Gasteiger partial charge >= 0.3 is 5.97 Å². The Balaban J connectivity index is 1.59. The normalized spacial score (nSPS) is 24.5. The molecule has 234 valence electrons. The van der Waals surface area contributed by atoms with E-state index < -0.39 is 6.10 Å². The van der Waals surface area contributed by atoms with Crippen molar-refractivity contribution in [1.82, 2.24) is 5.32 Å². The molecule has 8 heteroatoms. The number of aliphatic imine (C=N–C) groups is 3. The molecule has 1 saturated heterocycles. The highest BCUT2D eigenvalue weighted by Gasteiger charge is 2.41. The van der Waals surface area contributed by atoms with Crippen LogP contribution in [-0.4, -0.2) is 46.5 Å². The summed E-state index contributed by atoms with van der Waals surface area (Å²) in [6.45, 7) is 16.3. The lowest BCUT2D eigenvalue weighted by molar-refractivity contribution is -0.140. The first-order valence-electron chi connectivity index (χ1n) is 15.8. The van der Waals surface area contributed by atoms with Gasteiger partial charge in [-0.1, -0.05) is 19.4 Å². The average molecular weight is 607 g/mol. The number of nitrogens with zero attached hydrogens (tertiary/aromatic N) is 3. The first kappa shape index (κ1) is 30.7. The zero-order chi connectivity index (χ0) is 32.3. The van der Waals surface area contributed by atoms with E-state index in [-0.39, 0.29) is 24.2 Å².